The second-order valence-corrected chi connectivity index (χ2v) is 18.3. The van der Waals surface area contributed by atoms with Gasteiger partial charge in [0.25, 0.3) is 0 Å². The first kappa shape index (κ1) is 62.9. The van der Waals surface area contributed by atoms with Gasteiger partial charge in [-0.05, 0) is 70.6 Å². The largest absolute Gasteiger partial charge is 0.454 e. The summed E-state index contributed by atoms with van der Waals surface area (Å²) in [5.74, 6) is -1.25. The smallest absolute Gasteiger partial charge is 0.306 e. The minimum Gasteiger partial charge on any atom is -0.454 e. The van der Waals surface area contributed by atoms with Crippen LogP contribution < -0.4 is 5.32 Å². The van der Waals surface area contributed by atoms with Crippen molar-refractivity contribution in [1.29, 1.82) is 0 Å². The zero-order valence-electron chi connectivity index (χ0n) is 42.7. The predicted octanol–water partition coefficient (Wildman–Crippen LogP) is 11.4. The molecule has 68 heavy (non-hydrogen) atoms. The molecule has 1 rings (SSSR count). The first-order valence-corrected chi connectivity index (χ1v) is 26.9. The van der Waals surface area contributed by atoms with E-state index in [-0.39, 0.29) is 19.4 Å². The second kappa shape index (κ2) is 45.0. The molecule has 1 amide bonds. The molecule has 0 aromatic rings. The predicted molar refractivity (Wildman–Crippen MR) is 278 cm³/mol. The molecule has 0 aliphatic carbocycles. The number of nitrogens with one attached hydrogen (secondary N) is 1. The number of unbranched alkanes of at least 4 members (excludes halogenated alkanes) is 20. The SMILES string of the molecule is CC/C=C/C=C/C=C\C=C/CCCCC(O)C(=O)NC(COC1OC(CO)C(O)C(O)C1OC(=O)CCCCCCCCC/C=C/C/C=C/CC)C(O)/C=C/CCCCCCCCCCCCC. The molecular formula is C57H97NO10. The van der Waals surface area contributed by atoms with Crippen molar-refractivity contribution in [3.63, 3.8) is 0 Å². The maximum absolute atomic E-state index is 13.3. The Hall–Kier alpha value is -3.16. The van der Waals surface area contributed by atoms with Gasteiger partial charge in [-0.1, -0.05) is 209 Å². The quantitative estimate of drug-likeness (QED) is 0.0149. The van der Waals surface area contributed by atoms with E-state index in [0.717, 1.165) is 96.3 Å². The summed E-state index contributed by atoms with van der Waals surface area (Å²) in [7, 11) is 0. The maximum atomic E-state index is 13.3. The van der Waals surface area contributed by atoms with Crippen LogP contribution in [0.4, 0.5) is 0 Å². The molecule has 11 nitrogen and oxygen atoms in total. The highest BCUT2D eigenvalue weighted by molar-refractivity contribution is 5.80. The molecule has 1 heterocycles. The second-order valence-electron chi connectivity index (χ2n) is 18.3. The normalized spacial score (nSPS) is 20.6. The zero-order valence-corrected chi connectivity index (χ0v) is 42.7. The molecule has 0 bridgehead atoms. The average Bonchev–Trinajstić information content (AvgIpc) is 3.33. The van der Waals surface area contributed by atoms with E-state index in [1.54, 1.807) is 6.08 Å². The van der Waals surface area contributed by atoms with Crippen LogP contribution >= 0.6 is 0 Å². The Balaban J connectivity index is 2.81. The van der Waals surface area contributed by atoms with Gasteiger partial charge in [-0.15, -0.1) is 0 Å². The fraction of sp³-hybridized carbons (Fsp3) is 0.719. The van der Waals surface area contributed by atoms with Crippen LogP contribution in [-0.2, 0) is 23.8 Å². The summed E-state index contributed by atoms with van der Waals surface area (Å²) in [5, 5.41) is 56.6. The molecule has 0 spiro atoms. The van der Waals surface area contributed by atoms with Crippen molar-refractivity contribution in [2.24, 2.45) is 0 Å². The van der Waals surface area contributed by atoms with Crippen LogP contribution in [0.1, 0.15) is 201 Å². The molecule has 1 fully saturated rings. The lowest BCUT2D eigenvalue weighted by Crippen LogP contribution is -2.61. The van der Waals surface area contributed by atoms with Crippen molar-refractivity contribution < 1.29 is 49.3 Å². The highest BCUT2D eigenvalue weighted by Gasteiger charge is 2.47. The molecule has 6 N–H and O–H groups in total. The Labute approximate surface area is 413 Å². The number of allylic oxidation sites excluding steroid dienone is 13. The van der Waals surface area contributed by atoms with Crippen molar-refractivity contribution in [1.82, 2.24) is 5.32 Å². The van der Waals surface area contributed by atoms with Crippen molar-refractivity contribution in [2.75, 3.05) is 13.2 Å². The fourth-order valence-corrected chi connectivity index (χ4v) is 7.87. The highest BCUT2D eigenvalue weighted by atomic mass is 16.7. The molecule has 8 atom stereocenters. The van der Waals surface area contributed by atoms with Crippen LogP contribution in [-0.4, -0.2) is 99.6 Å². The molecule has 11 heteroatoms. The van der Waals surface area contributed by atoms with E-state index in [4.69, 9.17) is 14.2 Å². The fourth-order valence-electron chi connectivity index (χ4n) is 7.87. The number of carbonyl (C=O) groups excluding carboxylic acids is 2. The number of ether oxygens (including phenoxy) is 3. The van der Waals surface area contributed by atoms with Crippen molar-refractivity contribution in [3.05, 3.63) is 85.1 Å². The van der Waals surface area contributed by atoms with Gasteiger partial charge >= 0.3 is 5.97 Å². The van der Waals surface area contributed by atoms with Crippen molar-refractivity contribution in [2.45, 2.75) is 250 Å². The molecule has 0 saturated carbocycles. The summed E-state index contributed by atoms with van der Waals surface area (Å²) in [6, 6.07) is -1.05. The summed E-state index contributed by atoms with van der Waals surface area (Å²) >= 11 is 0. The average molecular weight is 956 g/mol. The molecule has 390 valence electrons. The van der Waals surface area contributed by atoms with Gasteiger partial charge in [-0.2, -0.15) is 0 Å². The van der Waals surface area contributed by atoms with Crippen LogP contribution in [0.5, 0.6) is 0 Å². The summed E-state index contributed by atoms with van der Waals surface area (Å²) < 4.78 is 17.5. The number of hydrogen-bond donors (Lipinski definition) is 6. The minimum atomic E-state index is -1.63. The first-order valence-electron chi connectivity index (χ1n) is 26.9. The van der Waals surface area contributed by atoms with Crippen LogP contribution in [0, 0.1) is 0 Å². The van der Waals surface area contributed by atoms with Crippen LogP contribution in [0.3, 0.4) is 0 Å². The van der Waals surface area contributed by atoms with E-state index in [2.05, 4.69) is 56.5 Å². The summed E-state index contributed by atoms with van der Waals surface area (Å²) in [5.41, 5.74) is 0. The van der Waals surface area contributed by atoms with Gasteiger partial charge < -0.3 is 45.1 Å². The van der Waals surface area contributed by atoms with Crippen LogP contribution in [0.15, 0.2) is 85.1 Å². The lowest BCUT2D eigenvalue weighted by molar-refractivity contribution is -0.305. The van der Waals surface area contributed by atoms with Gasteiger partial charge in [0.05, 0.1) is 25.4 Å². The van der Waals surface area contributed by atoms with E-state index < -0.39 is 67.4 Å². The van der Waals surface area contributed by atoms with E-state index >= 15 is 0 Å². The Kier molecular flexibility index (Phi) is 41.6. The van der Waals surface area contributed by atoms with Gasteiger partial charge in [0.1, 0.15) is 24.4 Å². The number of carbonyl (C=O) groups is 2. The molecule has 1 saturated heterocycles. The van der Waals surface area contributed by atoms with Gasteiger partial charge in [0.2, 0.25) is 5.91 Å². The molecule has 0 aromatic heterocycles. The van der Waals surface area contributed by atoms with E-state index in [0.29, 0.717) is 12.8 Å². The van der Waals surface area contributed by atoms with Crippen molar-refractivity contribution in [3.8, 4) is 0 Å². The van der Waals surface area contributed by atoms with E-state index in [1.165, 1.54) is 57.8 Å². The third kappa shape index (κ3) is 33.4. The number of rotatable bonds is 43. The Morgan fingerprint density at radius 3 is 1.75 bits per heavy atom. The number of amides is 1. The number of esters is 1. The van der Waals surface area contributed by atoms with Gasteiger partial charge in [0.15, 0.2) is 12.4 Å². The monoisotopic (exact) mass is 956 g/mol. The van der Waals surface area contributed by atoms with Crippen molar-refractivity contribution >= 4 is 11.9 Å². The number of aliphatic hydroxyl groups is 5. The molecule has 0 aromatic carbocycles. The highest BCUT2D eigenvalue weighted by Crippen LogP contribution is 2.26. The Morgan fingerprint density at radius 1 is 0.603 bits per heavy atom. The Morgan fingerprint density at radius 2 is 1.13 bits per heavy atom. The Bertz CT molecular complexity index is 1420. The molecule has 1 aliphatic heterocycles. The first-order chi connectivity index (χ1) is 33.2. The summed E-state index contributed by atoms with van der Waals surface area (Å²) in [6.07, 6.45) is 46.4. The molecular weight excluding hydrogens is 859 g/mol. The zero-order chi connectivity index (χ0) is 49.7. The molecule has 1 aliphatic rings. The van der Waals surface area contributed by atoms with E-state index in [9.17, 15) is 35.1 Å². The lowest BCUT2D eigenvalue weighted by atomic mass is 9.99. The van der Waals surface area contributed by atoms with E-state index in [1.807, 2.05) is 48.6 Å². The third-order valence-electron chi connectivity index (χ3n) is 12.1. The van der Waals surface area contributed by atoms with Gasteiger partial charge in [-0.25, -0.2) is 0 Å². The topological polar surface area (TPSA) is 175 Å². The maximum Gasteiger partial charge on any atom is 0.306 e. The van der Waals surface area contributed by atoms with Gasteiger partial charge in [0, 0.05) is 6.42 Å². The number of hydrogen-bond acceptors (Lipinski definition) is 10. The minimum absolute atomic E-state index is 0.105. The third-order valence-corrected chi connectivity index (χ3v) is 12.1. The van der Waals surface area contributed by atoms with Gasteiger partial charge in [-0.3, -0.25) is 9.59 Å². The summed E-state index contributed by atoms with van der Waals surface area (Å²) in [4.78, 5) is 26.4. The summed E-state index contributed by atoms with van der Waals surface area (Å²) in [6.45, 7) is 5.47. The number of aliphatic hydroxyl groups excluding tert-OH is 5. The standard InChI is InChI=1S/C57H97NO10/c1-4-7-10-13-16-19-22-25-27-30-33-36-39-42-45-52(62)68-55-54(64)53(63)51(46-59)67-57(55)66-47-48(49(60)43-40-37-34-31-29-26-23-20-17-14-11-8-5-2)58-56(65)50(61)44-41-38-35-32-28-24-21-18-15-12-9-6-3/h7,9-10,12,15-16,18-19,21,24,28,32,40,43,48-51,53-55,57,59-61,63-64H,4-6,8,11,13-14,17,20,22-23,25-27,29-31,33-39,41-42,44-47H2,1-3H3,(H,58,65)/b10-7+,12-9+,18-15+,19-16+,24-21-,32-28-,43-40+. The van der Waals surface area contributed by atoms with Crippen LogP contribution in [0.2, 0.25) is 0 Å². The van der Waals surface area contributed by atoms with Crippen LogP contribution in [0.25, 0.3) is 0 Å². The lowest BCUT2D eigenvalue weighted by Gasteiger charge is -2.41. The molecule has 0 radical (unpaired) electrons. The molecule has 8 unspecified atom stereocenters.